The third-order valence-corrected chi connectivity index (χ3v) is 2.35. The van der Waals surface area contributed by atoms with Crippen LogP contribution in [0, 0.1) is 0 Å². The van der Waals surface area contributed by atoms with E-state index in [4.69, 9.17) is 0 Å². The Bertz CT molecular complexity index is 369. The van der Waals surface area contributed by atoms with E-state index in [1.807, 2.05) is 6.07 Å². The van der Waals surface area contributed by atoms with Crippen LogP contribution in [-0.4, -0.2) is 20.6 Å². The zero-order chi connectivity index (χ0) is 10.3. The summed E-state index contributed by atoms with van der Waals surface area (Å²) in [5.41, 5.74) is 1.39. The number of H-pyrrole nitrogens is 1. The van der Waals surface area contributed by atoms with Crippen LogP contribution in [0.5, 0.6) is 0 Å². The van der Waals surface area contributed by atoms with Crippen molar-refractivity contribution in [2.45, 2.75) is 25.7 Å². The summed E-state index contributed by atoms with van der Waals surface area (Å²) in [4.78, 5) is 0. The zero-order valence-corrected chi connectivity index (χ0v) is 8.56. The van der Waals surface area contributed by atoms with Gasteiger partial charge in [-0.05, 0) is 24.8 Å². The Morgan fingerprint density at radius 1 is 1.00 bits per heavy atom. The van der Waals surface area contributed by atoms with Crippen molar-refractivity contribution in [1.82, 2.24) is 20.6 Å². The van der Waals surface area contributed by atoms with Crippen molar-refractivity contribution in [3.8, 4) is 0 Å². The maximum absolute atomic E-state index is 3.91. The molecule has 1 N–H and O–H groups in total. The lowest BCUT2D eigenvalue weighted by atomic mass is 10.1. The van der Waals surface area contributed by atoms with Crippen LogP contribution in [0.25, 0.3) is 0 Å². The van der Waals surface area contributed by atoms with E-state index < -0.39 is 0 Å². The lowest BCUT2D eigenvalue weighted by Crippen LogP contribution is -1.91. The number of aromatic amines is 1. The molecule has 1 aromatic heterocycles. The number of aryl methyl sites for hydroxylation is 2. The van der Waals surface area contributed by atoms with Gasteiger partial charge < -0.3 is 0 Å². The standard InChI is InChI=1S/C11H14N4/c1-2-6-10(7-3-1)8-4-5-9-11-12-14-15-13-11/h1-3,6-7H,4-5,8-9H2,(H,12,13,14,15). The van der Waals surface area contributed by atoms with Crippen LogP contribution in [0.15, 0.2) is 30.3 Å². The second kappa shape index (κ2) is 5.24. The van der Waals surface area contributed by atoms with Crippen molar-refractivity contribution in [2.75, 3.05) is 0 Å². The second-order valence-corrected chi connectivity index (χ2v) is 3.52. The topological polar surface area (TPSA) is 54.5 Å². The molecule has 0 unspecified atom stereocenters. The summed E-state index contributed by atoms with van der Waals surface area (Å²) in [6.07, 6.45) is 4.30. The monoisotopic (exact) mass is 202 g/mol. The minimum Gasteiger partial charge on any atom is -0.177 e. The van der Waals surface area contributed by atoms with Crippen molar-refractivity contribution in [2.24, 2.45) is 0 Å². The van der Waals surface area contributed by atoms with Crippen LogP contribution in [-0.2, 0) is 12.8 Å². The molecule has 15 heavy (non-hydrogen) atoms. The SMILES string of the molecule is c1ccc(CCCCc2nn[nH]n2)cc1. The molecule has 0 bridgehead atoms. The third kappa shape index (κ3) is 3.16. The molecule has 2 rings (SSSR count). The summed E-state index contributed by atoms with van der Waals surface area (Å²) in [7, 11) is 0. The van der Waals surface area contributed by atoms with E-state index in [9.17, 15) is 0 Å². The van der Waals surface area contributed by atoms with Gasteiger partial charge in [0.15, 0.2) is 5.82 Å². The normalized spacial score (nSPS) is 10.4. The van der Waals surface area contributed by atoms with Crippen molar-refractivity contribution in [3.63, 3.8) is 0 Å². The molecule has 1 aromatic carbocycles. The van der Waals surface area contributed by atoms with Crippen LogP contribution in [0.2, 0.25) is 0 Å². The summed E-state index contributed by atoms with van der Waals surface area (Å²) in [6, 6.07) is 10.5. The Hall–Kier alpha value is -1.71. The molecule has 0 atom stereocenters. The van der Waals surface area contributed by atoms with Crippen LogP contribution >= 0.6 is 0 Å². The first-order chi connectivity index (χ1) is 7.45. The van der Waals surface area contributed by atoms with Gasteiger partial charge in [-0.3, -0.25) is 0 Å². The maximum Gasteiger partial charge on any atom is 0.174 e. The van der Waals surface area contributed by atoms with Gasteiger partial charge in [0.2, 0.25) is 0 Å². The van der Waals surface area contributed by atoms with Gasteiger partial charge in [0.05, 0.1) is 0 Å². The molecule has 0 aliphatic heterocycles. The van der Waals surface area contributed by atoms with E-state index in [1.54, 1.807) is 0 Å². The van der Waals surface area contributed by atoms with E-state index in [0.717, 1.165) is 25.1 Å². The molecule has 0 saturated heterocycles. The Balaban J connectivity index is 1.68. The summed E-state index contributed by atoms with van der Waals surface area (Å²) < 4.78 is 0. The first kappa shape index (κ1) is 9.83. The van der Waals surface area contributed by atoms with E-state index in [-0.39, 0.29) is 0 Å². The fourth-order valence-corrected chi connectivity index (χ4v) is 1.55. The molecular formula is C11H14N4. The highest BCUT2D eigenvalue weighted by Gasteiger charge is 1.97. The zero-order valence-electron chi connectivity index (χ0n) is 8.56. The van der Waals surface area contributed by atoms with Crippen molar-refractivity contribution in [1.29, 1.82) is 0 Å². The van der Waals surface area contributed by atoms with E-state index in [0.29, 0.717) is 0 Å². The largest absolute Gasteiger partial charge is 0.177 e. The maximum atomic E-state index is 3.91. The number of nitrogens with zero attached hydrogens (tertiary/aromatic N) is 3. The van der Waals surface area contributed by atoms with Gasteiger partial charge in [0.1, 0.15) is 0 Å². The molecule has 0 spiro atoms. The quantitative estimate of drug-likeness (QED) is 0.752. The van der Waals surface area contributed by atoms with Crippen LogP contribution < -0.4 is 0 Å². The van der Waals surface area contributed by atoms with Gasteiger partial charge in [-0.15, -0.1) is 10.2 Å². The number of benzene rings is 1. The Morgan fingerprint density at radius 3 is 2.53 bits per heavy atom. The first-order valence-electron chi connectivity index (χ1n) is 5.21. The molecule has 0 radical (unpaired) electrons. The molecule has 0 amide bonds. The minimum atomic E-state index is 0.808. The number of unbranched alkanes of at least 4 members (excludes halogenated alkanes) is 1. The molecule has 0 fully saturated rings. The van der Waals surface area contributed by atoms with Gasteiger partial charge in [0, 0.05) is 6.42 Å². The van der Waals surface area contributed by atoms with Crippen molar-refractivity contribution >= 4 is 0 Å². The fourth-order valence-electron chi connectivity index (χ4n) is 1.55. The highest BCUT2D eigenvalue weighted by atomic mass is 15.5. The molecule has 4 heteroatoms. The highest BCUT2D eigenvalue weighted by Crippen LogP contribution is 2.05. The molecule has 0 aliphatic rings. The van der Waals surface area contributed by atoms with Crippen LogP contribution in [0.3, 0.4) is 0 Å². The van der Waals surface area contributed by atoms with Gasteiger partial charge in [-0.25, -0.2) is 0 Å². The van der Waals surface area contributed by atoms with E-state index in [1.165, 1.54) is 12.0 Å². The molecule has 0 saturated carbocycles. The number of rotatable bonds is 5. The average Bonchev–Trinajstić information content (AvgIpc) is 2.79. The molecule has 78 valence electrons. The molecular weight excluding hydrogens is 188 g/mol. The van der Waals surface area contributed by atoms with Crippen LogP contribution in [0.1, 0.15) is 24.2 Å². The predicted octanol–water partition coefficient (Wildman–Crippen LogP) is 1.77. The van der Waals surface area contributed by atoms with E-state index >= 15 is 0 Å². The van der Waals surface area contributed by atoms with Gasteiger partial charge >= 0.3 is 0 Å². The molecule has 2 aromatic rings. The summed E-state index contributed by atoms with van der Waals surface area (Å²) in [5.74, 6) is 0.808. The summed E-state index contributed by atoms with van der Waals surface area (Å²) >= 11 is 0. The minimum absolute atomic E-state index is 0.808. The summed E-state index contributed by atoms with van der Waals surface area (Å²) in [6.45, 7) is 0. The lowest BCUT2D eigenvalue weighted by Gasteiger charge is -1.99. The Kier molecular flexibility index (Phi) is 3.43. The number of hydrogen-bond acceptors (Lipinski definition) is 3. The number of tetrazole rings is 1. The Labute approximate surface area is 88.7 Å². The molecule has 4 nitrogen and oxygen atoms in total. The highest BCUT2D eigenvalue weighted by molar-refractivity contribution is 5.14. The molecule has 0 aliphatic carbocycles. The van der Waals surface area contributed by atoms with E-state index in [2.05, 4.69) is 44.9 Å². The Morgan fingerprint density at radius 2 is 1.80 bits per heavy atom. The van der Waals surface area contributed by atoms with Crippen molar-refractivity contribution in [3.05, 3.63) is 41.7 Å². The number of aromatic nitrogens is 4. The van der Waals surface area contributed by atoms with Crippen LogP contribution in [0.4, 0.5) is 0 Å². The van der Waals surface area contributed by atoms with Gasteiger partial charge in [0.25, 0.3) is 0 Å². The molecule has 1 heterocycles. The third-order valence-electron chi connectivity index (χ3n) is 2.35. The lowest BCUT2D eigenvalue weighted by molar-refractivity contribution is 0.708. The second-order valence-electron chi connectivity index (χ2n) is 3.52. The smallest absolute Gasteiger partial charge is 0.174 e. The number of nitrogens with one attached hydrogen (secondary N) is 1. The van der Waals surface area contributed by atoms with Gasteiger partial charge in [-0.2, -0.15) is 5.21 Å². The average molecular weight is 202 g/mol. The van der Waals surface area contributed by atoms with Crippen molar-refractivity contribution < 1.29 is 0 Å². The first-order valence-corrected chi connectivity index (χ1v) is 5.21. The fraction of sp³-hybridized carbons (Fsp3) is 0.364. The predicted molar refractivity (Wildman–Crippen MR) is 57.3 cm³/mol. The summed E-state index contributed by atoms with van der Waals surface area (Å²) in [5, 5.41) is 13.8. The van der Waals surface area contributed by atoms with Gasteiger partial charge in [-0.1, -0.05) is 35.5 Å². The number of hydrogen-bond donors (Lipinski definition) is 1.